The van der Waals surface area contributed by atoms with E-state index in [-0.39, 0.29) is 5.91 Å². The summed E-state index contributed by atoms with van der Waals surface area (Å²) in [6, 6.07) is 8.61. The van der Waals surface area contributed by atoms with Gasteiger partial charge in [-0.1, -0.05) is 47.8 Å². The normalized spacial score (nSPS) is 22.3. The Kier molecular flexibility index (Phi) is 6.24. The number of halogens is 1. The second-order valence-electron chi connectivity index (χ2n) is 6.23. The van der Waals surface area contributed by atoms with Crippen LogP contribution in [0.3, 0.4) is 0 Å². The largest absolute Gasteiger partial charge is 0.352 e. The van der Waals surface area contributed by atoms with Crippen molar-refractivity contribution in [2.75, 3.05) is 13.6 Å². The van der Waals surface area contributed by atoms with Crippen LogP contribution in [0.1, 0.15) is 38.2 Å². The quantitative estimate of drug-likeness (QED) is 0.878. The molecule has 1 fully saturated rings. The number of likely N-dealkylation sites (N-methyl/N-ethyl adjacent to an activating group) is 1. The average molecular weight is 353 g/mol. The van der Waals surface area contributed by atoms with Gasteiger partial charge in [0.15, 0.2) is 0 Å². The number of hydrogen-bond donors (Lipinski definition) is 1. The van der Waals surface area contributed by atoms with Crippen molar-refractivity contribution in [1.82, 2.24) is 10.2 Å². The monoisotopic (exact) mass is 352 g/mol. The third-order valence-electron chi connectivity index (χ3n) is 4.24. The smallest absolute Gasteiger partial charge is 0.234 e. The molecule has 0 unspecified atom stereocenters. The molecule has 2 atom stereocenters. The summed E-state index contributed by atoms with van der Waals surface area (Å²) in [6.45, 7) is 3.50. The molecule has 0 aliphatic heterocycles. The molecule has 1 aromatic carbocycles. The van der Waals surface area contributed by atoms with Crippen LogP contribution >= 0.6 is 15.9 Å². The SMILES string of the molecule is C[C@@H]1CCCC[C@H]1NC(=O)CN(C)Cc1ccc(Br)cc1. The molecule has 21 heavy (non-hydrogen) atoms. The molecular weight excluding hydrogens is 328 g/mol. The maximum atomic E-state index is 12.2. The Balaban J connectivity index is 1.77. The first-order valence-corrected chi connectivity index (χ1v) is 8.56. The van der Waals surface area contributed by atoms with Gasteiger partial charge in [-0.25, -0.2) is 0 Å². The highest BCUT2D eigenvalue weighted by molar-refractivity contribution is 9.10. The Morgan fingerprint density at radius 3 is 2.62 bits per heavy atom. The molecule has 0 bridgehead atoms. The predicted octanol–water partition coefficient (Wildman–Crippen LogP) is 3.58. The number of hydrogen-bond acceptors (Lipinski definition) is 2. The molecule has 1 aliphatic carbocycles. The van der Waals surface area contributed by atoms with E-state index >= 15 is 0 Å². The zero-order valence-corrected chi connectivity index (χ0v) is 14.5. The van der Waals surface area contributed by atoms with Gasteiger partial charge in [-0.05, 0) is 43.5 Å². The molecule has 0 spiro atoms. The van der Waals surface area contributed by atoms with E-state index in [1.807, 2.05) is 19.2 Å². The fourth-order valence-electron chi connectivity index (χ4n) is 2.99. The van der Waals surface area contributed by atoms with Crippen LogP contribution in [-0.4, -0.2) is 30.4 Å². The number of amides is 1. The van der Waals surface area contributed by atoms with Crippen LogP contribution in [-0.2, 0) is 11.3 Å². The lowest BCUT2D eigenvalue weighted by atomic mass is 9.86. The fraction of sp³-hybridized carbons (Fsp3) is 0.588. The van der Waals surface area contributed by atoms with Crippen molar-refractivity contribution in [1.29, 1.82) is 0 Å². The van der Waals surface area contributed by atoms with Gasteiger partial charge in [-0.2, -0.15) is 0 Å². The molecule has 1 aromatic rings. The molecule has 0 saturated heterocycles. The third-order valence-corrected chi connectivity index (χ3v) is 4.77. The van der Waals surface area contributed by atoms with Crippen molar-refractivity contribution in [3.63, 3.8) is 0 Å². The van der Waals surface area contributed by atoms with Gasteiger partial charge in [0.25, 0.3) is 0 Å². The van der Waals surface area contributed by atoms with Crippen molar-refractivity contribution >= 4 is 21.8 Å². The summed E-state index contributed by atoms with van der Waals surface area (Å²) in [5.74, 6) is 0.757. The molecule has 3 nitrogen and oxygen atoms in total. The third kappa shape index (κ3) is 5.44. The van der Waals surface area contributed by atoms with E-state index in [1.54, 1.807) is 0 Å². The topological polar surface area (TPSA) is 32.3 Å². The number of nitrogens with zero attached hydrogens (tertiary/aromatic N) is 1. The maximum absolute atomic E-state index is 12.2. The first-order chi connectivity index (χ1) is 10.0. The molecule has 0 radical (unpaired) electrons. The zero-order valence-electron chi connectivity index (χ0n) is 12.9. The lowest BCUT2D eigenvalue weighted by molar-refractivity contribution is -0.123. The van der Waals surface area contributed by atoms with Crippen LogP contribution in [0.25, 0.3) is 0 Å². The highest BCUT2D eigenvalue weighted by Gasteiger charge is 2.22. The van der Waals surface area contributed by atoms with Gasteiger partial charge < -0.3 is 5.32 Å². The van der Waals surface area contributed by atoms with Gasteiger partial charge in [0.1, 0.15) is 0 Å². The number of carbonyl (C=O) groups excluding carboxylic acids is 1. The zero-order chi connectivity index (χ0) is 15.2. The van der Waals surface area contributed by atoms with E-state index in [1.165, 1.54) is 24.8 Å². The number of nitrogens with one attached hydrogen (secondary N) is 1. The lowest BCUT2D eigenvalue weighted by Gasteiger charge is -2.30. The van der Waals surface area contributed by atoms with Gasteiger partial charge in [0, 0.05) is 17.1 Å². The summed E-state index contributed by atoms with van der Waals surface area (Å²) in [7, 11) is 1.99. The average Bonchev–Trinajstić information content (AvgIpc) is 2.44. The lowest BCUT2D eigenvalue weighted by Crippen LogP contribution is -2.44. The minimum Gasteiger partial charge on any atom is -0.352 e. The Bertz CT molecular complexity index is 460. The highest BCUT2D eigenvalue weighted by Crippen LogP contribution is 2.23. The molecule has 4 heteroatoms. The maximum Gasteiger partial charge on any atom is 0.234 e. The van der Waals surface area contributed by atoms with E-state index in [0.717, 1.165) is 17.4 Å². The second-order valence-corrected chi connectivity index (χ2v) is 7.15. The standard InChI is InChI=1S/C17H25BrN2O/c1-13-5-3-4-6-16(13)19-17(21)12-20(2)11-14-7-9-15(18)10-8-14/h7-10,13,16H,3-6,11-12H2,1-2H3,(H,19,21)/t13-,16-/m1/s1. The van der Waals surface area contributed by atoms with E-state index in [4.69, 9.17) is 0 Å². The second kappa shape index (κ2) is 7.95. The number of carbonyl (C=O) groups is 1. The van der Waals surface area contributed by atoms with Gasteiger partial charge in [-0.15, -0.1) is 0 Å². The minimum atomic E-state index is 0.147. The molecule has 2 rings (SSSR count). The molecule has 1 saturated carbocycles. The van der Waals surface area contributed by atoms with Crippen LogP contribution in [0.4, 0.5) is 0 Å². The molecule has 116 valence electrons. The summed E-state index contributed by atoms with van der Waals surface area (Å²) >= 11 is 3.44. The van der Waals surface area contributed by atoms with Crippen molar-refractivity contribution in [2.45, 2.75) is 45.2 Å². The van der Waals surface area contributed by atoms with Crippen molar-refractivity contribution in [3.8, 4) is 0 Å². The number of rotatable bonds is 5. The van der Waals surface area contributed by atoms with Crippen molar-refractivity contribution in [3.05, 3.63) is 34.3 Å². The van der Waals surface area contributed by atoms with Gasteiger partial charge >= 0.3 is 0 Å². The minimum absolute atomic E-state index is 0.147. The van der Waals surface area contributed by atoms with E-state index in [0.29, 0.717) is 18.5 Å². The molecule has 1 amide bonds. The molecule has 1 N–H and O–H groups in total. The summed E-state index contributed by atoms with van der Waals surface area (Å²) in [6.07, 6.45) is 4.91. The summed E-state index contributed by atoms with van der Waals surface area (Å²) in [5.41, 5.74) is 1.22. The van der Waals surface area contributed by atoms with Crippen LogP contribution < -0.4 is 5.32 Å². The Morgan fingerprint density at radius 2 is 1.95 bits per heavy atom. The summed E-state index contributed by atoms with van der Waals surface area (Å²) in [5, 5.41) is 3.21. The predicted molar refractivity (Wildman–Crippen MR) is 90.0 cm³/mol. The first kappa shape index (κ1) is 16.5. The van der Waals surface area contributed by atoms with Crippen LogP contribution in [0, 0.1) is 5.92 Å². The fourth-order valence-corrected chi connectivity index (χ4v) is 3.25. The van der Waals surface area contributed by atoms with Crippen LogP contribution in [0.5, 0.6) is 0 Å². The Hall–Kier alpha value is -0.870. The van der Waals surface area contributed by atoms with Crippen LogP contribution in [0.2, 0.25) is 0 Å². The molecule has 1 aliphatic rings. The Labute approximate surface area is 136 Å². The van der Waals surface area contributed by atoms with Gasteiger partial charge in [0.2, 0.25) is 5.91 Å². The van der Waals surface area contributed by atoms with Crippen LogP contribution in [0.15, 0.2) is 28.7 Å². The first-order valence-electron chi connectivity index (χ1n) is 7.77. The van der Waals surface area contributed by atoms with E-state index < -0.39 is 0 Å². The van der Waals surface area contributed by atoms with E-state index in [2.05, 4.69) is 45.2 Å². The Morgan fingerprint density at radius 1 is 1.29 bits per heavy atom. The van der Waals surface area contributed by atoms with E-state index in [9.17, 15) is 4.79 Å². The van der Waals surface area contributed by atoms with Crippen molar-refractivity contribution in [2.24, 2.45) is 5.92 Å². The van der Waals surface area contributed by atoms with Crippen molar-refractivity contribution < 1.29 is 4.79 Å². The molecular formula is C17H25BrN2O. The highest BCUT2D eigenvalue weighted by atomic mass is 79.9. The number of benzene rings is 1. The van der Waals surface area contributed by atoms with Gasteiger partial charge in [0.05, 0.1) is 6.54 Å². The summed E-state index contributed by atoms with van der Waals surface area (Å²) in [4.78, 5) is 14.2. The molecule has 0 aromatic heterocycles. The van der Waals surface area contributed by atoms with Gasteiger partial charge in [-0.3, -0.25) is 9.69 Å². The summed E-state index contributed by atoms with van der Waals surface area (Å²) < 4.78 is 1.08. The molecule has 0 heterocycles.